The van der Waals surface area contributed by atoms with Crippen molar-refractivity contribution in [3.05, 3.63) is 34.9 Å². The van der Waals surface area contributed by atoms with Gasteiger partial charge in [0.05, 0.1) is 12.5 Å². The van der Waals surface area contributed by atoms with E-state index in [0.29, 0.717) is 0 Å². The van der Waals surface area contributed by atoms with E-state index in [9.17, 15) is 14.9 Å². The largest absolute Gasteiger partial charge is 0.455 e. The predicted octanol–water partition coefficient (Wildman–Crippen LogP) is 2.71. The number of hydrogen-bond acceptors (Lipinski definition) is 4. The zero-order valence-corrected chi connectivity index (χ0v) is 15.2. The van der Waals surface area contributed by atoms with Gasteiger partial charge in [0.25, 0.3) is 5.91 Å². The van der Waals surface area contributed by atoms with Crippen molar-refractivity contribution in [2.75, 3.05) is 6.61 Å². The van der Waals surface area contributed by atoms with E-state index >= 15 is 0 Å². The lowest BCUT2D eigenvalue weighted by atomic mass is 9.90. The zero-order valence-electron chi connectivity index (χ0n) is 15.2. The summed E-state index contributed by atoms with van der Waals surface area (Å²) in [5.41, 5.74) is 2.63. The lowest BCUT2D eigenvalue weighted by Gasteiger charge is -2.27. The first kappa shape index (κ1) is 19.0. The van der Waals surface area contributed by atoms with Crippen molar-refractivity contribution in [2.24, 2.45) is 5.92 Å². The van der Waals surface area contributed by atoms with Gasteiger partial charge in [-0.3, -0.25) is 9.59 Å². The van der Waals surface area contributed by atoms with E-state index in [-0.39, 0.29) is 18.9 Å². The Bertz CT molecular complexity index is 691. The van der Waals surface area contributed by atoms with Gasteiger partial charge in [0.15, 0.2) is 6.61 Å². The highest BCUT2D eigenvalue weighted by Crippen LogP contribution is 2.22. The van der Waals surface area contributed by atoms with E-state index in [4.69, 9.17) is 4.74 Å². The van der Waals surface area contributed by atoms with Crippen LogP contribution in [0.3, 0.4) is 0 Å². The molecular weight excluding hydrogens is 316 g/mol. The molecule has 5 heteroatoms. The number of ether oxygens (including phenoxy) is 1. The Morgan fingerprint density at radius 3 is 2.60 bits per heavy atom. The van der Waals surface area contributed by atoms with Gasteiger partial charge in [-0.25, -0.2) is 0 Å². The molecule has 0 unspecified atom stereocenters. The Kier molecular flexibility index (Phi) is 6.19. The van der Waals surface area contributed by atoms with Gasteiger partial charge < -0.3 is 10.1 Å². The van der Waals surface area contributed by atoms with Gasteiger partial charge in [-0.05, 0) is 55.2 Å². The average Bonchev–Trinajstić information content (AvgIpc) is 2.59. The van der Waals surface area contributed by atoms with Crippen LogP contribution >= 0.6 is 0 Å². The van der Waals surface area contributed by atoms with Gasteiger partial charge in [0.2, 0.25) is 0 Å². The summed E-state index contributed by atoms with van der Waals surface area (Å²) < 4.78 is 5.06. The fourth-order valence-corrected chi connectivity index (χ4v) is 2.89. The minimum absolute atomic E-state index is 0.0485. The van der Waals surface area contributed by atoms with Gasteiger partial charge in [-0.2, -0.15) is 5.26 Å². The highest BCUT2D eigenvalue weighted by atomic mass is 16.5. The van der Waals surface area contributed by atoms with Gasteiger partial charge in [-0.15, -0.1) is 0 Å². The van der Waals surface area contributed by atoms with Crippen molar-refractivity contribution in [1.29, 1.82) is 5.26 Å². The number of nitrogens with zero attached hydrogens (tertiary/aromatic N) is 1. The maximum Gasteiger partial charge on any atom is 0.310 e. The van der Waals surface area contributed by atoms with Gasteiger partial charge >= 0.3 is 5.97 Å². The lowest BCUT2D eigenvalue weighted by molar-refractivity contribution is -0.148. The lowest BCUT2D eigenvalue weighted by Crippen LogP contribution is -2.50. The summed E-state index contributed by atoms with van der Waals surface area (Å²) in [5, 5.41) is 11.8. The minimum atomic E-state index is -0.970. The van der Waals surface area contributed by atoms with Crippen LogP contribution in [0.2, 0.25) is 0 Å². The van der Waals surface area contributed by atoms with Crippen LogP contribution in [0.5, 0.6) is 0 Å². The van der Waals surface area contributed by atoms with Gasteiger partial charge in [0, 0.05) is 0 Å². The molecule has 1 N–H and O–H groups in total. The minimum Gasteiger partial charge on any atom is -0.455 e. The number of carbonyl (C=O) groups excluding carboxylic acids is 2. The van der Waals surface area contributed by atoms with Crippen LogP contribution in [0.4, 0.5) is 0 Å². The third-order valence-electron chi connectivity index (χ3n) is 4.91. The Labute approximate surface area is 149 Å². The molecule has 0 radical (unpaired) electrons. The SMILES string of the molecule is CC(C)[C@](C)(C#N)NC(=O)COC(=O)Cc1ccc2c(c1)CCCC2. The van der Waals surface area contributed by atoms with E-state index in [1.54, 1.807) is 6.92 Å². The van der Waals surface area contributed by atoms with E-state index < -0.39 is 17.4 Å². The number of esters is 1. The smallest absolute Gasteiger partial charge is 0.310 e. The molecule has 0 heterocycles. The highest BCUT2D eigenvalue weighted by Gasteiger charge is 2.30. The first-order valence-corrected chi connectivity index (χ1v) is 8.82. The molecule has 0 saturated heterocycles. The topological polar surface area (TPSA) is 79.2 Å². The summed E-state index contributed by atoms with van der Waals surface area (Å²) in [4.78, 5) is 23.9. The predicted molar refractivity (Wildman–Crippen MR) is 94.7 cm³/mol. The second kappa shape index (κ2) is 8.15. The fraction of sp³-hybridized carbons (Fsp3) is 0.550. The second-order valence-corrected chi connectivity index (χ2v) is 7.16. The second-order valence-electron chi connectivity index (χ2n) is 7.16. The summed E-state index contributed by atoms with van der Waals surface area (Å²) in [6, 6.07) is 8.21. The van der Waals surface area contributed by atoms with Gasteiger partial charge in [0.1, 0.15) is 5.54 Å². The molecule has 0 saturated carbocycles. The first-order chi connectivity index (χ1) is 11.8. The molecule has 25 heavy (non-hydrogen) atoms. The van der Waals surface area contributed by atoms with Gasteiger partial charge in [-0.1, -0.05) is 32.0 Å². The number of hydrogen-bond donors (Lipinski definition) is 1. The number of aryl methyl sites for hydroxylation is 2. The number of benzene rings is 1. The number of carbonyl (C=O) groups is 2. The van der Waals surface area contributed by atoms with Crippen molar-refractivity contribution in [1.82, 2.24) is 5.32 Å². The molecule has 1 amide bonds. The van der Waals surface area contributed by atoms with Crippen LogP contribution in [0.25, 0.3) is 0 Å². The maximum absolute atomic E-state index is 12.0. The van der Waals surface area contributed by atoms with E-state index in [0.717, 1.165) is 18.4 Å². The Morgan fingerprint density at radius 1 is 1.28 bits per heavy atom. The molecule has 1 aliphatic carbocycles. The Hall–Kier alpha value is -2.35. The average molecular weight is 342 g/mol. The molecule has 134 valence electrons. The van der Waals surface area contributed by atoms with Crippen LogP contribution in [-0.4, -0.2) is 24.0 Å². The summed E-state index contributed by atoms with van der Waals surface area (Å²) in [5.74, 6) is -0.946. The molecule has 1 aromatic rings. The molecule has 2 rings (SSSR count). The van der Waals surface area contributed by atoms with E-state index in [2.05, 4.69) is 23.5 Å². The number of rotatable bonds is 6. The summed E-state index contributed by atoms with van der Waals surface area (Å²) in [7, 11) is 0. The van der Waals surface area contributed by atoms with Crippen LogP contribution < -0.4 is 5.32 Å². The number of amides is 1. The van der Waals surface area contributed by atoms with Crippen molar-refractivity contribution < 1.29 is 14.3 Å². The quantitative estimate of drug-likeness (QED) is 0.806. The van der Waals surface area contributed by atoms with Crippen LogP contribution in [0, 0.1) is 17.2 Å². The molecule has 0 aliphatic heterocycles. The van der Waals surface area contributed by atoms with E-state index in [1.807, 2.05) is 19.9 Å². The maximum atomic E-state index is 12.0. The Balaban J connectivity index is 1.85. The summed E-state index contributed by atoms with van der Waals surface area (Å²) in [6.07, 6.45) is 4.73. The monoisotopic (exact) mass is 342 g/mol. The highest BCUT2D eigenvalue weighted by molar-refractivity contribution is 5.82. The molecule has 1 aromatic carbocycles. The fourth-order valence-electron chi connectivity index (χ4n) is 2.89. The normalized spacial score (nSPS) is 15.6. The third-order valence-corrected chi connectivity index (χ3v) is 4.91. The number of fused-ring (bicyclic) bond motifs is 1. The molecule has 0 aromatic heterocycles. The summed E-state index contributed by atoms with van der Waals surface area (Å²) >= 11 is 0. The van der Waals surface area contributed by atoms with E-state index in [1.165, 1.54) is 24.0 Å². The van der Waals surface area contributed by atoms with Crippen molar-refractivity contribution in [2.45, 2.75) is 58.4 Å². The number of nitrogens with one attached hydrogen (secondary N) is 1. The zero-order chi connectivity index (χ0) is 18.4. The molecule has 1 atom stereocenters. The summed E-state index contributed by atoms with van der Waals surface area (Å²) in [6.45, 7) is 5.00. The van der Waals surface area contributed by atoms with Crippen LogP contribution in [-0.2, 0) is 33.6 Å². The number of nitriles is 1. The van der Waals surface area contributed by atoms with Crippen LogP contribution in [0.15, 0.2) is 18.2 Å². The molecule has 0 spiro atoms. The van der Waals surface area contributed by atoms with Crippen molar-refractivity contribution in [3.63, 3.8) is 0 Å². The van der Waals surface area contributed by atoms with Crippen LogP contribution in [0.1, 0.15) is 50.3 Å². The Morgan fingerprint density at radius 2 is 1.96 bits per heavy atom. The molecule has 0 bridgehead atoms. The molecule has 0 fully saturated rings. The third kappa shape index (κ3) is 5.06. The molecule has 1 aliphatic rings. The standard InChI is InChI=1S/C20H26N2O3/c1-14(2)20(3,13-21)22-18(23)12-25-19(24)11-15-8-9-16-6-4-5-7-17(16)10-15/h8-10,14H,4-7,11-12H2,1-3H3,(H,22,23)/t20-/m0/s1. The molecular formula is C20H26N2O3. The van der Waals surface area contributed by atoms with Crippen molar-refractivity contribution >= 4 is 11.9 Å². The van der Waals surface area contributed by atoms with Crippen molar-refractivity contribution in [3.8, 4) is 6.07 Å². The molecule has 5 nitrogen and oxygen atoms in total. The first-order valence-electron chi connectivity index (χ1n) is 8.82.